The summed E-state index contributed by atoms with van der Waals surface area (Å²) in [4.78, 5) is 18.8. The molecule has 0 saturated carbocycles. The average molecular weight is 381 g/mol. The minimum absolute atomic E-state index is 0.0195. The van der Waals surface area contributed by atoms with Gasteiger partial charge in [-0.25, -0.2) is 4.39 Å². The van der Waals surface area contributed by atoms with Crippen LogP contribution in [0.2, 0.25) is 0 Å². The first-order valence-corrected chi connectivity index (χ1v) is 9.08. The Hall–Kier alpha value is -3.22. The van der Waals surface area contributed by atoms with Crippen LogP contribution in [0.3, 0.4) is 0 Å². The second kappa shape index (κ2) is 7.42. The van der Waals surface area contributed by atoms with E-state index >= 15 is 0 Å². The van der Waals surface area contributed by atoms with Crippen LogP contribution in [0, 0.1) is 5.82 Å². The highest BCUT2D eigenvalue weighted by Gasteiger charge is 2.37. The van der Waals surface area contributed by atoms with Gasteiger partial charge in [-0.05, 0) is 48.9 Å². The van der Waals surface area contributed by atoms with Gasteiger partial charge in [0.25, 0.3) is 0 Å². The SMILES string of the molecule is COc1ccc(-c2noc(C3CC(=O)N(C(C)c4ccc(F)cc4)C3)n2)cc1. The smallest absolute Gasteiger partial charge is 0.232 e. The molecule has 1 aromatic heterocycles. The molecule has 0 N–H and O–H groups in total. The third-order valence-corrected chi connectivity index (χ3v) is 5.12. The highest BCUT2D eigenvalue weighted by atomic mass is 19.1. The van der Waals surface area contributed by atoms with Crippen molar-refractivity contribution in [2.45, 2.75) is 25.3 Å². The fourth-order valence-corrected chi connectivity index (χ4v) is 3.45. The maximum atomic E-state index is 13.2. The number of ether oxygens (including phenoxy) is 1. The van der Waals surface area contributed by atoms with Crippen LogP contribution in [0.5, 0.6) is 5.75 Å². The summed E-state index contributed by atoms with van der Waals surface area (Å²) < 4.78 is 23.7. The Labute approximate surface area is 161 Å². The van der Waals surface area contributed by atoms with Crippen molar-refractivity contribution < 1.29 is 18.4 Å². The van der Waals surface area contributed by atoms with Crippen LogP contribution in [0.4, 0.5) is 4.39 Å². The van der Waals surface area contributed by atoms with Crippen molar-refractivity contribution in [2.75, 3.05) is 13.7 Å². The highest BCUT2D eigenvalue weighted by Crippen LogP contribution is 2.34. The summed E-state index contributed by atoms with van der Waals surface area (Å²) in [5.74, 6) is 1.25. The summed E-state index contributed by atoms with van der Waals surface area (Å²) >= 11 is 0. The molecule has 3 aromatic rings. The number of hydrogen-bond donors (Lipinski definition) is 0. The van der Waals surface area contributed by atoms with Gasteiger partial charge < -0.3 is 14.2 Å². The van der Waals surface area contributed by atoms with Gasteiger partial charge in [0.05, 0.1) is 19.1 Å². The number of carbonyl (C=O) groups is 1. The zero-order valence-corrected chi connectivity index (χ0v) is 15.6. The van der Waals surface area contributed by atoms with E-state index in [4.69, 9.17) is 9.26 Å². The second-order valence-electron chi connectivity index (χ2n) is 6.86. The third-order valence-electron chi connectivity index (χ3n) is 5.12. The number of aromatic nitrogens is 2. The van der Waals surface area contributed by atoms with Crippen LogP contribution < -0.4 is 4.74 Å². The zero-order valence-electron chi connectivity index (χ0n) is 15.6. The molecular formula is C21H20FN3O3. The molecule has 1 amide bonds. The fourth-order valence-electron chi connectivity index (χ4n) is 3.45. The Morgan fingerprint density at radius 3 is 2.57 bits per heavy atom. The van der Waals surface area contributed by atoms with Crippen LogP contribution in [0.15, 0.2) is 53.1 Å². The lowest BCUT2D eigenvalue weighted by Gasteiger charge is -2.25. The normalized spacial score (nSPS) is 17.8. The number of hydrogen-bond acceptors (Lipinski definition) is 5. The maximum absolute atomic E-state index is 13.2. The number of carbonyl (C=O) groups excluding carboxylic acids is 1. The molecule has 0 spiro atoms. The van der Waals surface area contributed by atoms with Gasteiger partial charge in [0.2, 0.25) is 17.6 Å². The lowest BCUT2D eigenvalue weighted by Crippen LogP contribution is -2.28. The first-order valence-electron chi connectivity index (χ1n) is 9.08. The Morgan fingerprint density at radius 2 is 1.89 bits per heavy atom. The largest absolute Gasteiger partial charge is 0.497 e. The number of rotatable bonds is 5. The van der Waals surface area contributed by atoms with Crippen molar-refractivity contribution in [1.29, 1.82) is 0 Å². The molecule has 4 rings (SSSR count). The van der Waals surface area contributed by atoms with E-state index in [9.17, 15) is 9.18 Å². The topological polar surface area (TPSA) is 68.5 Å². The van der Waals surface area contributed by atoms with Gasteiger partial charge in [0.1, 0.15) is 11.6 Å². The minimum Gasteiger partial charge on any atom is -0.497 e. The summed E-state index contributed by atoms with van der Waals surface area (Å²) in [6.45, 7) is 2.42. The van der Waals surface area contributed by atoms with Gasteiger partial charge in [-0.1, -0.05) is 17.3 Å². The highest BCUT2D eigenvalue weighted by molar-refractivity contribution is 5.80. The Kier molecular flexibility index (Phi) is 4.81. The number of benzene rings is 2. The van der Waals surface area contributed by atoms with Gasteiger partial charge in [-0.15, -0.1) is 0 Å². The molecule has 144 valence electrons. The van der Waals surface area contributed by atoms with Crippen LogP contribution >= 0.6 is 0 Å². The van der Waals surface area contributed by atoms with Gasteiger partial charge >= 0.3 is 0 Å². The molecule has 0 radical (unpaired) electrons. The molecule has 1 aliphatic rings. The first-order chi connectivity index (χ1) is 13.5. The van der Waals surface area contributed by atoms with E-state index in [0.717, 1.165) is 16.9 Å². The van der Waals surface area contributed by atoms with E-state index in [1.54, 1.807) is 24.1 Å². The van der Waals surface area contributed by atoms with Crippen LogP contribution in [-0.2, 0) is 4.79 Å². The maximum Gasteiger partial charge on any atom is 0.232 e. The Morgan fingerprint density at radius 1 is 1.18 bits per heavy atom. The van der Waals surface area contributed by atoms with Crippen LogP contribution in [0.25, 0.3) is 11.4 Å². The fraction of sp³-hybridized carbons (Fsp3) is 0.286. The van der Waals surface area contributed by atoms with Crippen molar-refractivity contribution in [2.24, 2.45) is 0 Å². The standard InChI is InChI=1S/C21H20FN3O3/c1-13(14-3-7-17(22)8-4-14)25-12-16(11-19(25)26)21-23-20(24-28-21)15-5-9-18(27-2)10-6-15/h3-10,13,16H,11-12H2,1-2H3. The molecule has 0 aliphatic carbocycles. The number of likely N-dealkylation sites (tertiary alicyclic amines) is 1. The minimum atomic E-state index is -0.293. The van der Waals surface area contributed by atoms with Crippen LogP contribution in [0.1, 0.15) is 36.8 Å². The van der Waals surface area contributed by atoms with Crippen molar-refractivity contribution in [1.82, 2.24) is 15.0 Å². The van der Waals surface area contributed by atoms with Crippen molar-refractivity contribution >= 4 is 5.91 Å². The summed E-state index contributed by atoms with van der Waals surface area (Å²) in [5.41, 5.74) is 1.71. The van der Waals surface area contributed by atoms with Crippen LogP contribution in [-0.4, -0.2) is 34.6 Å². The number of nitrogens with zero attached hydrogens (tertiary/aromatic N) is 3. The molecule has 6 nitrogen and oxygen atoms in total. The predicted molar refractivity (Wildman–Crippen MR) is 100 cm³/mol. The molecule has 28 heavy (non-hydrogen) atoms. The summed E-state index contributed by atoms with van der Waals surface area (Å²) in [5, 5.41) is 4.05. The number of halogens is 1. The van der Waals surface area contributed by atoms with E-state index in [2.05, 4.69) is 10.1 Å². The lowest BCUT2D eigenvalue weighted by atomic mass is 10.1. The van der Waals surface area contributed by atoms with E-state index in [-0.39, 0.29) is 23.7 Å². The zero-order chi connectivity index (χ0) is 19.7. The molecule has 2 heterocycles. The van der Waals surface area contributed by atoms with Gasteiger partial charge in [0, 0.05) is 18.5 Å². The molecule has 1 aliphatic heterocycles. The van der Waals surface area contributed by atoms with Crippen molar-refractivity contribution in [3.8, 4) is 17.1 Å². The monoisotopic (exact) mass is 381 g/mol. The predicted octanol–water partition coefficient (Wildman–Crippen LogP) is 3.96. The van der Waals surface area contributed by atoms with E-state index in [0.29, 0.717) is 24.7 Å². The molecule has 2 aromatic carbocycles. The van der Waals surface area contributed by atoms with Gasteiger partial charge in [-0.3, -0.25) is 4.79 Å². The van der Waals surface area contributed by atoms with Crippen molar-refractivity contribution in [3.63, 3.8) is 0 Å². The van der Waals surface area contributed by atoms with E-state index < -0.39 is 0 Å². The Bertz CT molecular complexity index is 969. The van der Waals surface area contributed by atoms with Gasteiger partial charge in [-0.2, -0.15) is 4.98 Å². The third kappa shape index (κ3) is 3.47. The molecule has 1 fully saturated rings. The Balaban J connectivity index is 1.49. The molecule has 2 atom stereocenters. The average Bonchev–Trinajstić information content (AvgIpc) is 3.35. The molecule has 7 heteroatoms. The summed E-state index contributed by atoms with van der Waals surface area (Å²) in [6, 6.07) is 13.4. The first kappa shape index (κ1) is 18.2. The van der Waals surface area contributed by atoms with Crippen molar-refractivity contribution in [3.05, 3.63) is 65.8 Å². The number of methoxy groups -OCH3 is 1. The lowest BCUT2D eigenvalue weighted by molar-refractivity contribution is -0.129. The number of amides is 1. The van der Waals surface area contributed by atoms with E-state index in [1.807, 2.05) is 31.2 Å². The molecular weight excluding hydrogens is 361 g/mol. The molecule has 1 saturated heterocycles. The second-order valence-corrected chi connectivity index (χ2v) is 6.86. The molecule has 0 bridgehead atoms. The van der Waals surface area contributed by atoms with Gasteiger partial charge in [0.15, 0.2) is 0 Å². The quantitative estimate of drug-likeness (QED) is 0.669. The summed E-state index contributed by atoms with van der Waals surface area (Å²) in [6.07, 6.45) is 0.315. The molecule has 2 unspecified atom stereocenters. The summed E-state index contributed by atoms with van der Waals surface area (Å²) in [7, 11) is 1.61. The van der Waals surface area contributed by atoms with E-state index in [1.165, 1.54) is 12.1 Å².